The second-order valence-corrected chi connectivity index (χ2v) is 31.6. The zero-order valence-corrected chi connectivity index (χ0v) is 68.8. The van der Waals surface area contributed by atoms with Crippen LogP contribution in [0.2, 0.25) is 12.1 Å². The number of rotatable bonds is 34. The number of fused-ring (bicyclic) bond motifs is 4. The molecule has 4 heterocycles. The molecule has 0 unspecified atom stereocenters. The Kier molecular flexibility index (Phi) is 34.0. The number of nitrogens with zero attached hydrogens (tertiary/aromatic N) is 8. The number of hydrogen-bond acceptors (Lipinski definition) is 16. The first kappa shape index (κ1) is 85.2. The molecule has 4 aromatic rings. The molecule has 0 spiro atoms. The summed E-state index contributed by atoms with van der Waals surface area (Å²) < 4.78 is 52.7. The Morgan fingerprint density at radius 3 is 1.26 bits per heavy atom. The topological polar surface area (TPSA) is 209 Å². The fourth-order valence-electron chi connectivity index (χ4n) is 14.6. The molecule has 2 fully saturated rings. The second-order valence-electron chi connectivity index (χ2n) is 26.2. The number of benzene rings is 6. The van der Waals surface area contributed by atoms with Gasteiger partial charge in [0.1, 0.15) is 48.9 Å². The fraction of sp³-hybridized carbons (Fsp3) is 0.500. The third kappa shape index (κ3) is 21.3. The molecule has 22 nitrogen and oxygen atoms in total. The van der Waals surface area contributed by atoms with Crippen molar-refractivity contribution < 1.29 is 54.6 Å². The van der Waals surface area contributed by atoms with Crippen molar-refractivity contribution in [2.24, 2.45) is 4.99 Å². The molecule has 0 aromatic heterocycles. The van der Waals surface area contributed by atoms with Crippen LogP contribution in [0.1, 0.15) is 130 Å². The minimum Gasteiger partial charge on any atom is -0.456 e. The first-order valence-corrected chi connectivity index (χ1v) is 43.5. The Morgan fingerprint density at radius 2 is 0.870 bits per heavy atom. The Hall–Kier alpha value is -8.40. The number of urea groups is 1. The number of amides is 4. The predicted octanol–water partition coefficient (Wildman–Crippen LogP) is 13.4. The van der Waals surface area contributed by atoms with E-state index in [1.165, 1.54) is 6.08 Å². The van der Waals surface area contributed by atoms with Gasteiger partial charge in [0.2, 0.25) is 16.8 Å². The van der Waals surface area contributed by atoms with E-state index in [1.54, 1.807) is 4.90 Å². The maximum absolute atomic E-state index is 14.4. The van der Waals surface area contributed by atoms with E-state index in [-0.39, 0.29) is 17.8 Å². The molecule has 4 aliphatic heterocycles. The fourth-order valence-corrected chi connectivity index (χ4v) is 19.8. The molecule has 24 heteroatoms. The summed E-state index contributed by atoms with van der Waals surface area (Å²) in [5.41, 5.74) is 11.1. The molecule has 108 heavy (non-hydrogen) atoms. The average Bonchev–Trinajstić information content (AvgIpc) is 0.749. The van der Waals surface area contributed by atoms with Crippen molar-refractivity contribution in [1.29, 1.82) is 0 Å². The number of isocyanates is 1. The number of nitrogens with one attached hydrogen (secondary N) is 2. The number of anilines is 2. The van der Waals surface area contributed by atoms with Crippen molar-refractivity contribution >= 4 is 74.8 Å². The Labute approximate surface area is 642 Å². The quantitative estimate of drug-likeness (QED) is 0.00960. The predicted molar refractivity (Wildman–Crippen MR) is 439 cm³/mol. The van der Waals surface area contributed by atoms with Crippen molar-refractivity contribution in [3.8, 4) is 44.9 Å². The Bertz CT molecular complexity index is 4280. The molecule has 10 rings (SSSR count). The van der Waals surface area contributed by atoms with Crippen LogP contribution in [-0.2, 0) is 31.4 Å². The van der Waals surface area contributed by atoms with Crippen molar-refractivity contribution in [1.82, 2.24) is 34.5 Å². The highest BCUT2D eigenvalue weighted by Crippen LogP contribution is 2.44. The van der Waals surface area contributed by atoms with Crippen LogP contribution in [-0.4, -0.2) is 214 Å². The lowest BCUT2D eigenvalue weighted by Gasteiger charge is -2.35. The molecular weight excluding hydrogens is 1400 g/mol. The van der Waals surface area contributed by atoms with Crippen LogP contribution in [0.15, 0.2) is 135 Å². The van der Waals surface area contributed by atoms with Crippen molar-refractivity contribution in [2.75, 3.05) is 167 Å². The maximum Gasteiger partial charge on any atom is 0.500 e. The lowest BCUT2D eigenvalue weighted by molar-refractivity contribution is 0.0664. The zero-order valence-electron chi connectivity index (χ0n) is 66.8. The van der Waals surface area contributed by atoms with Gasteiger partial charge in [-0.1, -0.05) is 36.4 Å². The van der Waals surface area contributed by atoms with E-state index in [1.807, 2.05) is 93.8 Å². The molecule has 2 N–H and O–H groups in total. The van der Waals surface area contributed by atoms with Gasteiger partial charge in [0.15, 0.2) is 0 Å². The van der Waals surface area contributed by atoms with Gasteiger partial charge in [-0.3, -0.25) is 9.59 Å². The van der Waals surface area contributed by atoms with E-state index in [4.69, 9.17) is 35.4 Å². The van der Waals surface area contributed by atoms with Crippen molar-refractivity contribution in [3.63, 3.8) is 0 Å². The van der Waals surface area contributed by atoms with Crippen LogP contribution in [0.3, 0.4) is 0 Å². The minimum absolute atomic E-state index is 0.0451. The van der Waals surface area contributed by atoms with Gasteiger partial charge in [0.05, 0.1) is 18.7 Å². The molecule has 0 saturated carbocycles. The molecule has 0 bridgehead atoms. The van der Waals surface area contributed by atoms with E-state index in [9.17, 15) is 19.2 Å². The van der Waals surface area contributed by atoms with Gasteiger partial charge < -0.3 is 70.5 Å². The third-order valence-corrected chi connectivity index (χ3v) is 26.2. The van der Waals surface area contributed by atoms with Gasteiger partial charge in [-0.15, -0.1) is 0 Å². The number of carbonyl (C=O) groups is 3. The molecule has 2 saturated heterocycles. The van der Waals surface area contributed by atoms with E-state index in [2.05, 4.69) is 169 Å². The van der Waals surface area contributed by atoms with Crippen LogP contribution < -0.4 is 40.3 Å². The van der Waals surface area contributed by atoms with Gasteiger partial charge in [-0.2, -0.15) is 0 Å². The average molecular weight is 1520 g/mol. The SMILES string of the molecule is CCN(CC)c1ccc2c(-c3ccccc3C(=O)N3CCNCC3)c3ccc(=[N+](CC)CC)cc-3oc2c1.CCO[Si](CCCN=C=O)(OCC)OCC.CCO[Si](CCCNC(=O)N1CCN(C(=O)c2ccccc2-c2c3ccc(=[N+](CC)CC)cc-3oc3cc(N(CC)CC)ccc23)CC1)(OCC)OCC. The smallest absolute Gasteiger partial charge is 0.456 e. The Balaban J connectivity index is 0.000000235. The van der Waals surface area contributed by atoms with Crippen molar-refractivity contribution in [2.45, 2.75) is 122 Å². The van der Waals surface area contributed by atoms with Crippen LogP contribution in [0.4, 0.5) is 16.2 Å². The highest BCUT2D eigenvalue weighted by Gasteiger charge is 2.41. The molecule has 0 radical (unpaired) electrons. The second kappa shape index (κ2) is 43.1. The lowest BCUT2D eigenvalue weighted by Crippen LogP contribution is -2.53. The number of piperazine rings is 2. The standard InChI is InChI=1S/C42H59N5O6Si.C32H39N4O2.C10H21NO4Si/c1-8-44(9-2)32-20-22-36-38(30-32)53-39-31-33(45(10-3)11-4)21-23-37(39)40(36)34-18-15-16-19-35(34)41(48)46-25-27-47(28-26-46)42(49)43-24-17-29-54(50-12-5,51-13-6)52-14-7;1-5-34(6-2)23-13-15-27-29(21-23)38-30-22-24(35(7-3)8-4)14-16-28(30)31(27)25-11-9-10-12-26(25)32(37)36-19-17-33-18-20-36;1-4-13-16(14-5-2,15-6-3)9-7-8-11-10-12/h15-16,18-23,30-31H,8-14,17,24-29H2,1-7H3;9-16,21-22,33H,5-8,17-20H2,1-4H3;4-9H2,1-3H3/q;+1;/p+1. The summed E-state index contributed by atoms with van der Waals surface area (Å²) in [6.07, 6.45) is 2.93. The summed E-state index contributed by atoms with van der Waals surface area (Å²) in [4.78, 5) is 65.0. The molecule has 2 aliphatic carbocycles. The van der Waals surface area contributed by atoms with Gasteiger partial charge in [0.25, 0.3) is 11.8 Å². The maximum atomic E-state index is 14.4. The monoisotopic (exact) mass is 1520 g/mol. The molecule has 4 amide bonds. The lowest BCUT2D eigenvalue weighted by atomic mass is 9.90. The van der Waals surface area contributed by atoms with Gasteiger partial charge >= 0.3 is 23.6 Å². The van der Waals surface area contributed by atoms with Gasteiger partial charge in [0, 0.05) is 217 Å². The molecule has 584 valence electrons. The number of aliphatic imine (C=N–C) groups is 1. The van der Waals surface area contributed by atoms with Crippen LogP contribution in [0.5, 0.6) is 0 Å². The van der Waals surface area contributed by atoms with E-state index < -0.39 is 17.6 Å². The van der Waals surface area contributed by atoms with Crippen LogP contribution in [0, 0.1) is 0 Å². The number of hydrogen-bond donors (Lipinski definition) is 2. The van der Waals surface area contributed by atoms with Crippen LogP contribution in [0.25, 0.3) is 66.8 Å². The summed E-state index contributed by atoms with van der Waals surface area (Å²) in [7, 11) is -5.30. The van der Waals surface area contributed by atoms with E-state index in [0.717, 1.165) is 179 Å². The highest BCUT2D eigenvalue weighted by atomic mass is 28.4. The number of carbonyl (C=O) groups excluding carboxylic acids is 4. The summed E-state index contributed by atoms with van der Waals surface area (Å²) in [5, 5.41) is 10.6. The molecular formula is C84H120N10O12Si2+2. The summed E-state index contributed by atoms with van der Waals surface area (Å²) >= 11 is 0. The molecule has 6 aliphatic rings. The minimum atomic E-state index is -2.76. The zero-order chi connectivity index (χ0) is 77.6. The summed E-state index contributed by atoms with van der Waals surface area (Å²) in [6.45, 7) is 45.3. The first-order chi connectivity index (χ1) is 52.6. The summed E-state index contributed by atoms with van der Waals surface area (Å²) in [6, 6.07) is 42.9. The Morgan fingerprint density at radius 1 is 0.481 bits per heavy atom. The van der Waals surface area contributed by atoms with Crippen LogP contribution >= 0.6 is 0 Å². The normalized spacial score (nSPS) is 13.2. The first-order valence-electron chi connectivity index (χ1n) is 39.6. The van der Waals surface area contributed by atoms with Crippen molar-refractivity contribution in [3.05, 3.63) is 143 Å². The molecule has 4 aromatic carbocycles. The van der Waals surface area contributed by atoms with Gasteiger partial charge in [-0.25, -0.2) is 23.7 Å². The highest BCUT2D eigenvalue weighted by molar-refractivity contribution is 6.61. The third-order valence-electron chi connectivity index (χ3n) is 19.9. The van der Waals surface area contributed by atoms with E-state index >= 15 is 0 Å². The summed E-state index contributed by atoms with van der Waals surface area (Å²) in [5.74, 6) is 1.65. The van der Waals surface area contributed by atoms with E-state index in [0.29, 0.717) is 103 Å². The van der Waals surface area contributed by atoms with Gasteiger partial charge in [-0.05, 0) is 169 Å². The largest absolute Gasteiger partial charge is 0.500 e. The molecule has 0 atom stereocenters.